The summed E-state index contributed by atoms with van der Waals surface area (Å²) in [6, 6.07) is 0. The maximum Gasteiger partial charge on any atom is 0.117 e. The second-order valence-electron chi connectivity index (χ2n) is 1.32. The van der Waals surface area contributed by atoms with Gasteiger partial charge in [-0.2, -0.15) is 0 Å². The van der Waals surface area contributed by atoms with Crippen LogP contribution in [0.5, 0.6) is 0 Å². The molecule has 0 aromatic rings. The van der Waals surface area contributed by atoms with Gasteiger partial charge in [-0.25, -0.2) is 0 Å². The molecule has 0 aliphatic carbocycles. The molecule has 0 aromatic heterocycles. The van der Waals surface area contributed by atoms with E-state index in [-0.39, 0.29) is 5.06 Å². The molecule has 38 valence electrons. The maximum atomic E-state index is 10.3. The van der Waals surface area contributed by atoms with Gasteiger partial charge in [-0.3, -0.25) is 4.99 Å². The van der Waals surface area contributed by atoms with E-state index in [4.69, 9.17) is 0 Å². The Hall–Kier alpha value is -0.670. The standard InChI is InChI=1S/C4H6N2O/c7-6-3-1-5-2-4-6/h1-3,6H,4H2. The quantitative estimate of drug-likeness (QED) is 0.385. The van der Waals surface area contributed by atoms with Crippen molar-refractivity contribution in [2.45, 2.75) is 0 Å². The number of hydrogen-bond acceptors (Lipinski definition) is 2. The first-order valence-electron chi connectivity index (χ1n) is 2.10. The Morgan fingerprint density at radius 1 is 1.71 bits per heavy atom. The van der Waals surface area contributed by atoms with E-state index in [2.05, 4.69) is 4.99 Å². The van der Waals surface area contributed by atoms with E-state index in [1.165, 1.54) is 12.4 Å². The van der Waals surface area contributed by atoms with Crippen molar-refractivity contribution in [2.24, 2.45) is 4.99 Å². The molecule has 0 saturated heterocycles. The molecule has 1 unspecified atom stereocenters. The third-order valence-corrected chi connectivity index (χ3v) is 0.744. The zero-order valence-corrected chi connectivity index (χ0v) is 3.79. The van der Waals surface area contributed by atoms with Gasteiger partial charge in [0.05, 0.1) is 12.4 Å². The summed E-state index contributed by atoms with van der Waals surface area (Å²) in [5, 5.41) is 10.4. The van der Waals surface area contributed by atoms with E-state index < -0.39 is 0 Å². The Labute approximate surface area is 41.5 Å². The lowest BCUT2D eigenvalue weighted by Crippen LogP contribution is -3.03. The highest BCUT2D eigenvalue weighted by Gasteiger charge is 1.88. The van der Waals surface area contributed by atoms with Crippen LogP contribution in [0.1, 0.15) is 0 Å². The summed E-state index contributed by atoms with van der Waals surface area (Å²) in [4.78, 5) is 3.70. The average molecular weight is 98.1 g/mol. The van der Waals surface area contributed by atoms with Crippen LogP contribution in [-0.4, -0.2) is 12.8 Å². The summed E-state index contributed by atoms with van der Waals surface area (Å²) >= 11 is 0. The predicted molar refractivity (Wildman–Crippen MR) is 26.8 cm³/mol. The molecule has 1 heterocycles. The minimum Gasteiger partial charge on any atom is -0.629 e. The molecule has 1 rings (SSSR count). The van der Waals surface area contributed by atoms with Gasteiger partial charge in [0, 0.05) is 0 Å². The van der Waals surface area contributed by atoms with Crippen molar-refractivity contribution in [3.05, 3.63) is 17.6 Å². The Morgan fingerprint density at radius 2 is 2.57 bits per heavy atom. The zero-order valence-electron chi connectivity index (χ0n) is 3.79. The van der Waals surface area contributed by atoms with E-state index in [1.807, 2.05) is 0 Å². The molecule has 0 fully saturated rings. The molecule has 0 amide bonds. The van der Waals surface area contributed by atoms with Gasteiger partial charge in [0.25, 0.3) is 0 Å². The Kier molecular flexibility index (Phi) is 1.19. The SMILES string of the molecule is [O-][NH+]1C=CN=CC1. The highest BCUT2D eigenvalue weighted by Crippen LogP contribution is 1.68. The number of nitrogens with zero attached hydrogens (tertiary/aromatic N) is 1. The minimum atomic E-state index is 0.134. The number of aliphatic imine (C=N–C) groups is 1. The van der Waals surface area contributed by atoms with Crippen LogP contribution in [0.25, 0.3) is 0 Å². The highest BCUT2D eigenvalue weighted by atomic mass is 16.5. The molecule has 1 N–H and O–H groups in total. The molecule has 0 spiro atoms. The van der Waals surface area contributed by atoms with Crippen LogP contribution in [0, 0.1) is 5.21 Å². The van der Waals surface area contributed by atoms with E-state index in [1.54, 1.807) is 6.21 Å². The van der Waals surface area contributed by atoms with Crippen molar-refractivity contribution < 1.29 is 5.06 Å². The molecular formula is C4H6N2O. The second-order valence-corrected chi connectivity index (χ2v) is 1.32. The number of hydroxylamine groups is 2. The first-order chi connectivity index (χ1) is 3.39. The van der Waals surface area contributed by atoms with Crippen molar-refractivity contribution in [3.8, 4) is 0 Å². The lowest BCUT2D eigenvalue weighted by Gasteiger charge is -2.14. The van der Waals surface area contributed by atoms with E-state index in [9.17, 15) is 5.21 Å². The van der Waals surface area contributed by atoms with E-state index in [0.29, 0.717) is 6.54 Å². The highest BCUT2D eigenvalue weighted by molar-refractivity contribution is 5.59. The van der Waals surface area contributed by atoms with Crippen molar-refractivity contribution in [2.75, 3.05) is 6.54 Å². The van der Waals surface area contributed by atoms with Crippen LogP contribution >= 0.6 is 0 Å². The summed E-state index contributed by atoms with van der Waals surface area (Å²) in [6.45, 7) is 0.469. The largest absolute Gasteiger partial charge is 0.629 e. The Balaban J connectivity index is 2.49. The van der Waals surface area contributed by atoms with Crippen LogP contribution in [-0.2, 0) is 0 Å². The third kappa shape index (κ3) is 1.10. The van der Waals surface area contributed by atoms with Crippen LogP contribution in [0.4, 0.5) is 0 Å². The fourth-order valence-electron chi connectivity index (χ4n) is 0.398. The third-order valence-electron chi connectivity index (χ3n) is 0.744. The van der Waals surface area contributed by atoms with Crippen molar-refractivity contribution >= 4 is 6.21 Å². The number of quaternary nitrogens is 1. The summed E-state index contributed by atoms with van der Waals surface area (Å²) in [7, 11) is 0. The lowest BCUT2D eigenvalue weighted by atomic mass is 10.6. The molecule has 1 atom stereocenters. The predicted octanol–water partition coefficient (Wildman–Crippen LogP) is -1.08. The van der Waals surface area contributed by atoms with Crippen LogP contribution in [0.3, 0.4) is 0 Å². The fraction of sp³-hybridized carbons (Fsp3) is 0.250. The number of rotatable bonds is 0. The summed E-state index contributed by atoms with van der Waals surface area (Å²) in [5.41, 5.74) is 0. The minimum absolute atomic E-state index is 0.134. The molecule has 0 saturated carbocycles. The number of nitrogens with one attached hydrogen (secondary N) is 1. The van der Waals surface area contributed by atoms with Gasteiger partial charge >= 0.3 is 0 Å². The summed E-state index contributed by atoms with van der Waals surface area (Å²) in [5.74, 6) is 0. The first kappa shape index (κ1) is 4.49. The molecule has 3 nitrogen and oxygen atoms in total. The molecule has 0 bridgehead atoms. The Morgan fingerprint density at radius 3 is 2.86 bits per heavy atom. The van der Waals surface area contributed by atoms with Gasteiger partial charge in [0.2, 0.25) is 0 Å². The smallest absolute Gasteiger partial charge is 0.117 e. The van der Waals surface area contributed by atoms with Gasteiger partial charge in [-0.15, -0.1) is 0 Å². The average Bonchev–Trinajstić information content (AvgIpc) is 1.69. The summed E-state index contributed by atoms with van der Waals surface area (Å²) < 4.78 is 0. The van der Waals surface area contributed by atoms with E-state index >= 15 is 0 Å². The van der Waals surface area contributed by atoms with Crippen LogP contribution in [0.15, 0.2) is 17.4 Å². The van der Waals surface area contributed by atoms with E-state index in [0.717, 1.165) is 0 Å². The Bertz CT molecular complexity index is 108. The van der Waals surface area contributed by atoms with Gasteiger partial charge in [-0.1, -0.05) is 0 Å². The van der Waals surface area contributed by atoms with Crippen LogP contribution < -0.4 is 5.06 Å². The molecule has 3 heteroatoms. The molecular weight excluding hydrogens is 92.1 g/mol. The van der Waals surface area contributed by atoms with Crippen molar-refractivity contribution in [3.63, 3.8) is 0 Å². The first-order valence-corrected chi connectivity index (χ1v) is 2.10. The van der Waals surface area contributed by atoms with Crippen molar-refractivity contribution in [1.82, 2.24) is 0 Å². The molecule has 1 aliphatic rings. The number of hydrogen-bond donors (Lipinski definition) is 1. The normalized spacial score (nSPS) is 28.4. The van der Waals surface area contributed by atoms with Gasteiger partial charge in [-0.05, 0) is 0 Å². The van der Waals surface area contributed by atoms with Gasteiger partial charge in [0.15, 0.2) is 0 Å². The fourth-order valence-corrected chi connectivity index (χ4v) is 0.398. The monoisotopic (exact) mass is 98.0 g/mol. The second kappa shape index (κ2) is 1.86. The topological polar surface area (TPSA) is 39.9 Å². The molecule has 7 heavy (non-hydrogen) atoms. The van der Waals surface area contributed by atoms with Crippen molar-refractivity contribution in [1.29, 1.82) is 0 Å². The molecule has 0 aromatic carbocycles. The van der Waals surface area contributed by atoms with Gasteiger partial charge < -0.3 is 10.3 Å². The maximum absolute atomic E-state index is 10.3. The lowest BCUT2D eigenvalue weighted by molar-refractivity contribution is -0.780. The zero-order chi connectivity index (χ0) is 5.11. The van der Waals surface area contributed by atoms with Gasteiger partial charge in [0.1, 0.15) is 12.7 Å². The van der Waals surface area contributed by atoms with Crippen LogP contribution in [0.2, 0.25) is 0 Å². The molecule has 0 radical (unpaired) electrons. The summed E-state index contributed by atoms with van der Waals surface area (Å²) in [6.07, 6.45) is 4.58. The molecule has 1 aliphatic heterocycles.